The number of rotatable bonds is 1. The van der Waals surface area contributed by atoms with Gasteiger partial charge in [0.1, 0.15) is 0 Å². The second kappa shape index (κ2) is 4.83. The van der Waals surface area contributed by atoms with E-state index in [0.717, 1.165) is 46.1 Å². The summed E-state index contributed by atoms with van der Waals surface area (Å²) in [6.07, 6.45) is 1.85. The average molecular weight is 283 g/mol. The van der Waals surface area contributed by atoms with Crippen LogP contribution in [0.1, 0.15) is 58.9 Å². The summed E-state index contributed by atoms with van der Waals surface area (Å²) in [4.78, 5) is 16.8. The van der Waals surface area contributed by atoms with E-state index >= 15 is 0 Å². The average Bonchev–Trinajstić information content (AvgIpc) is 2.45. The van der Waals surface area contributed by atoms with E-state index in [2.05, 4.69) is 13.8 Å². The lowest BCUT2D eigenvalue weighted by Gasteiger charge is -2.29. The fraction of sp³-hybridized carbons (Fsp3) is 0.444. The van der Waals surface area contributed by atoms with E-state index in [1.54, 1.807) is 0 Å². The maximum Gasteiger partial charge on any atom is 0.336 e. The highest BCUT2D eigenvalue weighted by Crippen LogP contribution is 2.39. The second-order valence-corrected chi connectivity index (χ2v) is 6.38. The summed E-state index contributed by atoms with van der Waals surface area (Å²) < 4.78 is 0. The molecule has 0 amide bonds. The molecule has 3 nitrogen and oxygen atoms in total. The molecule has 21 heavy (non-hydrogen) atoms. The van der Waals surface area contributed by atoms with Crippen LogP contribution in [0.3, 0.4) is 0 Å². The first-order valence-electron chi connectivity index (χ1n) is 7.57. The van der Waals surface area contributed by atoms with Gasteiger partial charge < -0.3 is 5.11 Å². The van der Waals surface area contributed by atoms with Crippen LogP contribution in [0.25, 0.3) is 10.9 Å². The number of aromatic carboxylic acids is 1. The van der Waals surface area contributed by atoms with E-state index in [1.165, 1.54) is 0 Å². The number of hydrogen-bond acceptors (Lipinski definition) is 2. The van der Waals surface area contributed by atoms with Crippen LogP contribution in [0.4, 0.5) is 0 Å². The molecule has 1 heterocycles. The molecule has 3 heteroatoms. The monoisotopic (exact) mass is 283 g/mol. The molecule has 0 fully saturated rings. The van der Waals surface area contributed by atoms with Gasteiger partial charge in [-0.25, -0.2) is 4.79 Å². The molecule has 1 aromatic carbocycles. The van der Waals surface area contributed by atoms with Crippen molar-refractivity contribution in [2.24, 2.45) is 5.92 Å². The third kappa shape index (κ3) is 2.03. The minimum absolute atomic E-state index is 0.316. The number of nitrogens with zero attached hydrogens (tertiary/aromatic N) is 1. The van der Waals surface area contributed by atoms with Gasteiger partial charge >= 0.3 is 5.97 Å². The Morgan fingerprint density at radius 1 is 1.24 bits per heavy atom. The number of aryl methyl sites for hydroxylation is 2. The lowest BCUT2D eigenvalue weighted by molar-refractivity contribution is 0.0697. The van der Waals surface area contributed by atoms with Crippen molar-refractivity contribution in [2.45, 2.75) is 46.5 Å². The van der Waals surface area contributed by atoms with Gasteiger partial charge in [-0.05, 0) is 49.3 Å². The summed E-state index contributed by atoms with van der Waals surface area (Å²) >= 11 is 0. The van der Waals surface area contributed by atoms with Crippen molar-refractivity contribution < 1.29 is 9.90 Å². The van der Waals surface area contributed by atoms with Gasteiger partial charge in [-0.15, -0.1) is 0 Å². The lowest BCUT2D eigenvalue weighted by atomic mass is 9.77. The number of pyridine rings is 1. The van der Waals surface area contributed by atoms with Crippen molar-refractivity contribution in [3.05, 3.63) is 40.1 Å². The fourth-order valence-electron chi connectivity index (χ4n) is 3.48. The van der Waals surface area contributed by atoms with E-state index in [4.69, 9.17) is 4.98 Å². The molecule has 1 aliphatic carbocycles. The van der Waals surface area contributed by atoms with Crippen molar-refractivity contribution >= 4 is 16.9 Å². The summed E-state index contributed by atoms with van der Waals surface area (Å²) in [5.41, 5.74) is 5.32. The third-order valence-corrected chi connectivity index (χ3v) is 5.03. The van der Waals surface area contributed by atoms with Crippen LogP contribution in [0, 0.1) is 19.8 Å². The second-order valence-electron chi connectivity index (χ2n) is 6.38. The molecular formula is C18H21NO2. The van der Waals surface area contributed by atoms with E-state index in [0.29, 0.717) is 17.4 Å². The molecule has 2 unspecified atom stereocenters. The van der Waals surface area contributed by atoms with Gasteiger partial charge in [0.25, 0.3) is 0 Å². The zero-order valence-corrected chi connectivity index (χ0v) is 13.0. The van der Waals surface area contributed by atoms with Gasteiger partial charge in [-0.1, -0.05) is 26.0 Å². The Labute approximate surface area is 125 Å². The van der Waals surface area contributed by atoms with Crippen LogP contribution in [0.5, 0.6) is 0 Å². The normalized spacial score (nSPS) is 21.3. The Morgan fingerprint density at radius 2 is 1.90 bits per heavy atom. The van der Waals surface area contributed by atoms with Crippen molar-refractivity contribution in [1.82, 2.24) is 4.98 Å². The molecule has 2 atom stereocenters. The first-order chi connectivity index (χ1) is 9.91. The zero-order valence-electron chi connectivity index (χ0n) is 13.0. The summed E-state index contributed by atoms with van der Waals surface area (Å²) in [7, 11) is 0. The Balaban J connectivity index is 2.48. The first-order valence-corrected chi connectivity index (χ1v) is 7.57. The van der Waals surface area contributed by atoms with Gasteiger partial charge in [-0.3, -0.25) is 4.98 Å². The predicted octanol–water partition coefficient (Wildman–Crippen LogP) is 4.24. The number of fused-ring (bicyclic) bond motifs is 2. The van der Waals surface area contributed by atoms with Crippen LogP contribution < -0.4 is 0 Å². The van der Waals surface area contributed by atoms with Crippen molar-refractivity contribution in [2.75, 3.05) is 0 Å². The number of hydrogen-bond donors (Lipinski definition) is 1. The highest BCUT2D eigenvalue weighted by Gasteiger charge is 2.30. The Kier molecular flexibility index (Phi) is 3.23. The lowest BCUT2D eigenvalue weighted by Crippen LogP contribution is -2.21. The Hall–Kier alpha value is -1.90. The van der Waals surface area contributed by atoms with Gasteiger partial charge in [0.2, 0.25) is 0 Å². The topological polar surface area (TPSA) is 50.2 Å². The first kappa shape index (κ1) is 14.1. The van der Waals surface area contributed by atoms with Crippen LogP contribution in [0.2, 0.25) is 0 Å². The molecule has 0 bridgehead atoms. The van der Waals surface area contributed by atoms with Crippen LogP contribution in [0.15, 0.2) is 12.1 Å². The summed E-state index contributed by atoms with van der Waals surface area (Å²) in [5.74, 6) is 0.0412. The highest BCUT2D eigenvalue weighted by molar-refractivity contribution is 6.06. The maximum absolute atomic E-state index is 11.9. The quantitative estimate of drug-likeness (QED) is 0.851. The molecule has 1 N–H and O–H groups in total. The van der Waals surface area contributed by atoms with Crippen molar-refractivity contribution in [1.29, 1.82) is 0 Å². The molecule has 0 aliphatic heterocycles. The molecular weight excluding hydrogens is 262 g/mol. The third-order valence-electron chi connectivity index (χ3n) is 5.03. The summed E-state index contributed by atoms with van der Waals surface area (Å²) in [6.45, 7) is 8.36. The number of benzene rings is 1. The van der Waals surface area contributed by atoms with E-state index in [-0.39, 0.29) is 0 Å². The Bertz CT molecular complexity index is 749. The largest absolute Gasteiger partial charge is 0.478 e. The molecule has 110 valence electrons. The molecule has 0 saturated carbocycles. The molecule has 0 radical (unpaired) electrons. The van der Waals surface area contributed by atoms with Crippen LogP contribution in [-0.4, -0.2) is 16.1 Å². The van der Waals surface area contributed by atoms with Crippen molar-refractivity contribution in [3.8, 4) is 0 Å². The number of carboxylic acid groups (broad SMARTS) is 1. The SMILES string of the molecule is Cc1ccc(C)c2c(C(=O)O)c3c(nc12)C(C)C(C)CC3. The molecule has 0 saturated heterocycles. The minimum atomic E-state index is -0.825. The zero-order chi connectivity index (χ0) is 15.3. The molecule has 1 aliphatic rings. The smallest absolute Gasteiger partial charge is 0.336 e. The predicted molar refractivity (Wildman–Crippen MR) is 84.1 cm³/mol. The van der Waals surface area contributed by atoms with E-state index < -0.39 is 5.97 Å². The maximum atomic E-state index is 11.9. The number of aromatic nitrogens is 1. The van der Waals surface area contributed by atoms with E-state index in [1.807, 2.05) is 26.0 Å². The summed E-state index contributed by atoms with van der Waals surface area (Å²) in [5, 5.41) is 10.6. The van der Waals surface area contributed by atoms with Gasteiger partial charge in [0.05, 0.1) is 11.1 Å². The van der Waals surface area contributed by atoms with Crippen LogP contribution in [-0.2, 0) is 6.42 Å². The highest BCUT2D eigenvalue weighted by atomic mass is 16.4. The van der Waals surface area contributed by atoms with E-state index in [9.17, 15) is 9.90 Å². The minimum Gasteiger partial charge on any atom is -0.478 e. The molecule has 3 rings (SSSR count). The molecule has 2 aromatic rings. The standard InChI is InChI=1S/C18H21NO2/c1-9-7-8-13-15(18(20)21)14-10(2)5-6-11(3)16(14)19-17(13)12(9)4/h5-6,9,12H,7-8H2,1-4H3,(H,20,21). The van der Waals surface area contributed by atoms with Gasteiger partial charge in [-0.2, -0.15) is 0 Å². The van der Waals surface area contributed by atoms with Gasteiger partial charge in [0, 0.05) is 17.0 Å². The Morgan fingerprint density at radius 3 is 2.57 bits per heavy atom. The number of carbonyl (C=O) groups is 1. The summed E-state index contributed by atoms with van der Waals surface area (Å²) in [6, 6.07) is 4.02. The molecule has 0 spiro atoms. The van der Waals surface area contributed by atoms with Crippen LogP contribution >= 0.6 is 0 Å². The molecule has 1 aromatic heterocycles. The van der Waals surface area contributed by atoms with Gasteiger partial charge in [0.15, 0.2) is 0 Å². The number of carboxylic acids is 1. The van der Waals surface area contributed by atoms with Crippen molar-refractivity contribution in [3.63, 3.8) is 0 Å². The fourth-order valence-corrected chi connectivity index (χ4v) is 3.48.